The molecule has 2 N–H and O–H groups in total. The van der Waals surface area contributed by atoms with Crippen molar-refractivity contribution in [2.45, 2.75) is 27.3 Å². The minimum Gasteiger partial charge on any atom is -0.450 e. The van der Waals surface area contributed by atoms with Crippen molar-refractivity contribution in [1.29, 1.82) is 0 Å². The van der Waals surface area contributed by atoms with Crippen LogP contribution in [0.2, 0.25) is 0 Å². The van der Waals surface area contributed by atoms with Gasteiger partial charge >= 0.3 is 0 Å². The van der Waals surface area contributed by atoms with Crippen LogP contribution in [0.4, 0.5) is 5.69 Å². The van der Waals surface area contributed by atoms with Crippen LogP contribution in [0, 0.1) is 13.8 Å². The van der Waals surface area contributed by atoms with Crippen LogP contribution in [-0.2, 0) is 6.54 Å². The van der Waals surface area contributed by atoms with Crippen LogP contribution >= 0.6 is 0 Å². The highest BCUT2D eigenvalue weighted by molar-refractivity contribution is 6.07. The Labute approximate surface area is 141 Å². The van der Waals surface area contributed by atoms with Crippen LogP contribution in [0.5, 0.6) is 0 Å². The van der Waals surface area contributed by atoms with Crippen molar-refractivity contribution in [2.75, 3.05) is 11.9 Å². The SMILES string of the molecule is CCNCc1ccccc1NC(=O)c1oc2c(C)cccc2c1C. The van der Waals surface area contributed by atoms with E-state index in [0.717, 1.165) is 39.9 Å². The quantitative estimate of drug-likeness (QED) is 0.731. The first-order valence-corrected chi connectivity index (χ1v) is 8.20. The van der Waals surface area contributed by atoms with E-state index in [1.165, 1.54) is 0 Å². The second-order valence-electron chi connectivity index (χ2n) is 5.90. The van der Waals surface area contributed by atoms with Gasteiger partial charge in [-0.2, -0.15) is 0 Å². The summed E-state index contributed by atoms with van der Waals surface area (Å²) < 4.78 is 5.86. The van der Waals surface area contributed by atoms with E-state index < -0.39 is 0 Å². The van der Waals surface area contributed by atoms with Gasteiger partial charge in [0.05, 0.1) is 0 Å². The highest BCUT2D eigenvalue weighted by atomic mass is 16.3. The Bertz CT molecular complexity index is 880. The predicted octanol–water partition coefficient (Wildman–Crippen LogP) is 4.41. The summed E-state index contributed by atoms with van der Waals surface area (Å²) in [5, 5.41) is 7.25. The molecular weight excluding hydrogens is 300 g/mol. The zero-order valence-corrected chi connectivity index (χ0v) is 14.3. The monoisotopic (exact) mass is 322 g/mol. The zero-order chi connectivity index (χ0) is 17.1. The molecule has 2 aromatic carbocycles. The van der Waals surface area contributed by atoms with E-state index in [1.807, 2.05) is 56.3 Å². The summed E-state index contributed by atoms with van der Waals surface area (Å²) in [4.78, 5) is 12.7. The summed E-state index contributed by atoms with van der Waals surface area (Å²) in [6.07, 6.45) is 0. The molecule has 4 heteroatoms. The lowest BCUT2D eigenvalue weighted by Crippen LogP contribution is -2.17. The number of benzene rings is 2. The highest BCUT2D eigenvalue weighted by Gasteiger charge is 2.19. The lowest BCUT2D eigenvalue weighted by molar-refractivity contribution is 0.0998. The molecule has 24 heavy (non-hydrogen) atoms. The van der Waals surface area contributed by atoms with E-state index in [0.29, 0.717) is 12.3 Å². The van der Waals surface area contributed by atoms with Gasteiger partial charge in [-0.25, -0.2) is 0 Å². The lowest BCUT2D eigenvalue weighted by Gasteiger charge is -2.10. The van der Waals surface area contributed by atoms with Crippen LogP contribution in [0.25, 0.3) is 11.0 Å². The van der Waals surface area contributed by atoms with Gasteiger partial charge in [0.15, 0.2) is 5.76 Å². The first-order valence-electron chi connectivity index (χ1n) is 8.20. The summed E-state index contributed by atoms with van der Waals surface area (Å²) >= 11 is 0. The Kier molecular flexibility index (Phi) is 4.67. The molecule has 0 bridgehead atoms. The number of fused-ring (bicyclic) bond motifs is 1. The molecule has 0 spiro atoms. The number of rotatable bonds is 5. The van der Waals surface area contributed by atoms with Crippen molar-refractivity contribution in [3.8, 4) is 0 Å². The molecule has 0 saturated heterocycles. The summed E-state index contributed by atoms with van der Waals surface area (Å²) in [5.74, 6) is 0.157. The Morgan fingerprint density at radius 2 is 1.88 bits per heavy atom. The van der Waals surface area contributed by atoms with Gasteiger partial charge in [0.1, 0.15) is 5.58 Å². The summed E-state index contributed by atoms with van der Waals surface area (Å²) in [6.45, 7) is 7.56. The molecule has 1 amide bonds. The molecule has 3 aromatic rings. The molecule has 0 aliphatic carbocycles. The maximum atomic E-state index is 12.7. The van der Waals surface area contributed by atoms with Gasteiger partial charge in [0.25, 0.3) is 5.91 Å². The third kappa shape index (κ3) is 3.05. The molecule has 0 unspecified atom stereocenters. The maximum Gasteiger partial charge on any atom is 0.291 e. The number of para-hydroxylation sites is 2. The van der Waals surface area contributed by atoms with E-state index >= 15 is 0 Å². The van der Waals surface area contributed by atoms with Crippen molar-refractivity contribution in [3.05, 3.63) is 64.9 Å². The van der Waals surface area contributed by atoms with E-state index in [2.05, 4.69) is 17.6 Å². The molecule has 4 nitrogen and oxygen atoms in total. The minimum atomic E-state index is -0.216. The topological polar surface area (TPSA) is 54.3 Å². The van der Waals surface area contributed by atoms with Crippen LogP contribution in [0.1, 0.15) is 34.2 Å². The Morgan fingerprint density at radius 3 is 2.62 bits per heavy atom. The second-order valence-corrected chi connectivity index (χ2v) is 5.90. The number of furan rings is 1. The van der Waals surface area contributed by atoms with Crippen molar-refractivity contribution >= 4 is 22.6 Å². The zero-order valence-electron chi connectivity index (χ0n) is 14.3. The van der Waals surface area contributed by atoms with Crippen molar-refractivity contribution in [1.82, 2.24) is 5.32 Å². The third-order valence-corrected chi connectivity index (χ3v) is 4.20. The number of carbonyl (C=O) groups excluding carboxylic acids is 1. The van der Waals surface area contributed by atoms with Gasteiger partial charge in [-0.3, -0.25) is 4.79 Å². The number of aryl methyl sites for hydroxylation is 2. The summed E-state index contributed by atoms with van der Waals surface area (Å²) in [7, 11) is 0. The first-order chi connectivity index (χ1) is 11.6. The van der Waals surface area contributed by atoms with Gasteiger partial charge < -0.3 is 15.1 Å². The van der Waals surface area contributed by atoms with Gasteiger partial charge in [0, 0.05) is 23.2 Å². The summed E-state index contributed by atoms with van der Waals surface area (Å²) in [6, 6.07) is 13.8. The standard InChI is InChI=1S/C20H22N2O2/c1-4-21-12-15-9-5-6-11-17(15)22-20(23)19-14(3)16-10-7-8-13(2)18(16)24-19/h5-11,21H,4,12H2,1-3H3,(H,22,23). The van der Waals surface area contributed by atoms with Gasteiger partial charge in [-0.1, -0.05) is 43.3 Å². The van der Waals surface area contributed by atoms with Gasteiger partial charge in [-0.15, -0.1) is 0 Å². The fourth-order valence-electron chi connectivity index (χ4n) is 2.84. The summed E-state index contributed by atoms with van der Waals surface area (Å²) in [5.41, 5.74) is 4.54. The van der Waals surface area contributed by atoms with E-state index in [-0.39, 0.29) is 5.91 Å². The third-order valence-electron chi connectivity index (χ3n) is 4.20. The van der Waals surface area contributed by atoms with Crippen molar-refractivity contribution in [3.63, 3.8) is 0 Å². The van der Waals surface area contributed by atoms with Crippen molar-refractivity contribution in [2.24, 2.45) is 0 Å². The average Bonchev–Trinajstić information content (AvgIpc) is 2.93. The molecule has 0 aliphatic rings. The number of hydrogen-bond acceptors (Lipinski definition) is 3. The Balaban J connectivity index is 1.91. The number of nitrogens with one attached hydrogen (secondary N) is 2. The molecular formula is C20H22N2O2. The fraction of sp³-hybridized carbons (Fsp3) is 0.250. The molecule has 0 aliphatic heterocycles. The van der Waals surface area contributed by atoms with E-state index in [1.54, 1.807) is 0 Å². The van der Waals surface area contributed by atoms with Gasteiger partial charge in [-0.05, 0) is 37.6 Å². The fourth-order valence-corrected chi connectivity index (χ4v) is 2.84. The number of hydrogen-bond donors (Lipinski definition) is 2. The smallest absolute Gasteiger partial charge is 0.291 e. The lowest BCUT2D eigenvalue weighted by atomic mass is 10.1. The largest absolute Gasteiger partial charge is 0.450 e. The molecule has 0 radical (unpaired) electrons. The van der Waals surface area contributed by atoms with E-state index in [4.69, 9.17) is 4.42 Å². The molecule has 0 fully saturated rings. The normalized spacial score (nSPS) is 11.0. The van der Waals surface area contributed by atoms with Crippen LogP contribution in [0.15, 0.2) is 46.9 Å². The highest BCUT2D eigenvalue weighted by Crippen LogP contribution is 2.28. The molecule has 0 atom stereocenters. The van der Waals surface area contributed by atoms with Crippen molar-refractivity contribution < 1.29 is 9.21 Å². The Morgan fingerprint density at radius 1 is 1.08 bits per heavy atom. The molecule has 3 rings (SSSR count). The average molecular weight is 322 g/mol. The van der Waals surface area contributed by atoms with Crippen LogP contribution in [0.3, 0.4) is 0 Å². The molecule has 1 aromatic heterocycles. The molecule has 1 heterocycles. The van der Waals surface area contributed by atoms with Crippen LogP contribution in [-0.4, -0.2) is 12.5 Å². The number of anilines is 1. The maximum absolute atomic E-state index is 12.7. The van der Waals surface area contributed by atoms with E-state index in [9.17, 15) is 4.79 Å². The predicted molar refractivity (Wildman–Crippen MR) is 97.5 cm³/mol. The van der Waals surface area contributed by atoms with Crippen LogP contribution < -0.4 is 10.6 Å². The minimum absolute atomic E-state index is 0.216. The number of carbonyl (C=O) groups is 1. The number of amides is 1. The molecule has 124 valence electrons. The first kappa shape index (κ1) is 16.3. The Hall–Kier alpha value is -2.59. The second kappa shape index (κ2) is 6.89. The molecule has 0 saturated carbocycles. The van der Waals surface area contributed by atoms with Gasteiger partial charge in [0.2, 0.25) is 0 Å².